The summed E-state index contributed by atoms with van der Waals surface area (Å²) >= 11 is 11.2. The van der Waals surface area contributed by atoms with Gasteiger partial charge in [-0.05, 0) is 6.42 Å². The first-order valence-corrected chi connectivity index (χ1v) is 8.71. The molecular weight excluding hydrogens is 267 g/mol. The van der Waals surface area contributed by atoms with E-state index < -0.39 is 15.2 Å². The fourth-order valence-corrected chi connectivity index (χ4v) is 3.80. The van der Waals surface area contributed by atoms with Gasteiger partial charge in [0.2, 0.25) is 0 Å². The van der Waals surface area contributed by atoms with E-state index in [2.05, 4.69) is 6.92 Å². The second-order valence-corrected chi connectivity index (χ2v) is 7.29. The Morgan fingerprint density at radius 2 is 1.62 bits per heavy atom. The van der Waals surface area contributed by atoms with Gasteiger partial charge in [-0.15, -0.1) is 23.2 Å². The van der Waals surface area contributed by atoms with Crippen molar-refractivity contribution in [3.05, 3.63) is 0 Å². The van der Waals surface area contributed by atoms with Crippen LogP contribution in [0, 0.1) is 0 Å². The molecule has 0 bridgehead atoms. The highest BCUT2D eigenvalue weighted by Crippen LogP contribution is 2.09. The van der Waals surface area contributed by atoms with E-state index in [1.165, 1.54) is 19.3 Å². The third-order valence-corrected chi connectivity index (χ3v) is 5.25. The number of hydrogen-bond donors (Lipinski definition) is 0. The summed E-state index contributed by atoms with van der Waals surface area (Å²) in [7, 11) is -3.00. The van der Waals surface area contributed by atoms with Crippen LogP contribution < -0.4 is 0 Å². The Labute approximate surface area is 110 Å². The summed E-state index contributed by atoms with van der Waals surface area (Å²) in [6.07, 6.45) is 6.52. The van der Waals surface area contributed by atoms with E-state index >= 15 is 0 Å². The van der Waals surface area contributed by atoms with Gasteiger partial charge in [0.15, 0.2) is 9.84 Å². The molecule has 0 amide bonds. The predicted octanol–water partition coefficient (Wildman–Crippen LogP) is 3.61. The summed E-state index contributed by atoms with van der Waals surface area (Å²) in [5.74, 6) is 0.448. The summed E-state index contributed by atoms with van der Waals surface area (Å²) in [6.45, 7) is 2.16. The Morgan fingerprint density at radius 3 is 2.19 bits per heavy atom. The minimum absolute atomic E-state index is 0.00696. The van der Waals surface area contributed by atoms with Gasteiger partial charge in [-0.1, -0.05) is 39.0 Å². The molecule has 0 aromatic heterocycles. The maximum absolute atomic E-state index is 11.5. The van der Waals surface area contributed by atoms with Crippen molar-refractivity contribution < 1.29 is 8.42 Å². The molecule has 1 unspecified atom stereocenters. The van der Waals surface area contributed by atoms with Crippen molar-refractivity contribution in [3.63, 3.8) is 0 Å². The molecule has 0 aromatic rings. The van der Waals surface area contributed by atoms with Crippen molar-refractivity contribution in [1.29, 1.82) is 0 Å². The molecule has 0 saturated heterocycles. The smallest absolute Gasteiger partial charge is 0.151 e. The molecule has 0 saturated carbocycles. The first-order valence-electron chi connectivity index (χ1n) is 5.92. The third-order valence-electron chi connectivity index (χ3n) is 2.41. The van der Waals surface area contributed by atoms with Crippen molar-refractivity contribution in [1.82, 2.24) is 0 Å². The predicted molar refractivity (Wildman–Crippen MR) is 72.4 cm³/mol. The molecule has 0 fully saturated rings. The van der Waals surface area contributed by atoms with Gasteiger partial charge in [0.1, 0.15) is 0 Å². The molecule has 1 atom stereocenters. The average molecular weight is 289 g/mol. The monoisotopic (exact) mass is 288 g/mol. The van der Waals surface area contributed by atoms with Gasteiger partial charge in [-0.3, -0.25) is 0 Å². The zero-order valence-corrected chi connectivity index (χ0v) is 12.3. The fourth-order valence-electron chi connectivity index (χ4n) is 1.51. The Kier molecular flexibility index (Phi) is 9.87. The summed E-state index contributed by atoms with van der Waals surface area (Å²) in [4.78, 5) is 0. The number of unbranched alkanes of at least 4 members (excludes halogenated alkanes) is 5. The van der Waals surface area contributed by atoms with Crippen LogP contribution in [0.2, 0.25) is 0 Å². The van der Waals surface area contributed by atoms with Crippen molar-refractivity contribution in [2.45, 2.75) is 50.8 Å². The molecule has 2 nitrogen and oxygen atoms in total. The van der Waals surface area contributed by atoms with Gasteiger partial charge in [-0.2, -0.15) is 0 Å². The van der Waals surface area contributed by atoms with Crippen molar-refractivity contribution in [2.75, 3.05) is 17.4 Å². The second-order valence-electron chi connectivity index (χ2n) is 4.13. The lowest BCUT2D eigenvalue weighted by Crippen LogP contribution is -2.20. The van der Waals surface area contributed by atoms with Gasteiger partial charge in [0.05, 0.1) is 16.9 Å². The average Bonchev–Trinajstić information content (AvgIpc) is 2.22. The number of halogens is 2. The standard InChI is InChI=1S/C11H22Cl2O2S/c1-2-3-4-5-6-7-8-16(14,15)10-11(13)9-12/h11H,2-10H2,1H3. The number of rotatable bonds is 10. The molecule has 0 aliphatic carbocycles. The Morgan fingerprint density at radius 1 is 1.06 bits per heavy atom. The molecule has 0 aromatic carbocycles. The van der Waals surface area contributed by atoms with Crippen molar-refractivity contribution in [2.24, 2.45) is 0 Å². The molecule has 0 aliphatic heterocycles. The minimum atomic E-state index is -3.00. The van der Waals surface area contributed by atoms with Crippen LogP contribution >= 0.6 is 23.2 Å². The molecular formula is C11H22Cl2O2S. The van der Waals surface area contributed by atoms with Crippen LogP contribution in [0.1, 0.15) is 45.4 Å². The van der Waals surface area contributed by atoms with Crippen LogP contribution in [0.5, 0.6) is 0 Å². The zero-order valence-electron chi connectivity index (χ0n) is 9.92. The third kappa shape index (κ3) is 9.73. The van der Waals surface area contributed by atoms with E-state index in [0.717, 1.165) is 19.3 Å². The van der Waals surface area contributed by atoms with E-state index in [4.69, 9.17) is 23.2 Å². The maximum Gasteiger partial charge on any atom is 0.151 e. The lowest BCUT2D eigenvalue weighted by molar-refractivity contribution is 0.583. The molecule has 0 rings (SSSR count). The van der Waals surface area contributed by atoms with Gasteiger partial charge >= 0.3 is 0 Å². The fraction of sp³-hybridized carbons (Fsp3) is 1.00. The van der Waals surface area contributed by atoms with Crippen LogP contribution in [0.4, 0.5) is 0 Å². The van der Waals surface area contributed by atoms with Crippen LogP contribution in [0.3, 0.4) is 0 Å². The van der Waals surface area contributed by atoms with Gasteiger partial charge in [-0.25, -0.2) is 8.42 Å². The quantitative estimate of drug-likeness (QED) is 0.455. The molecule has 0 aliphatic rings. The van der Waals surface area contributed by atoms with E-state index in [1.807, 2.05) is 0 Å². The summed E-state index contributed by atoms with van der Waals surface area (Å²) in [6, 6.07) is 0. The first kappa shape index (κ1) is 16.5. The van der Waals surface area contributed by atoms with Crippen LogP contribution in [-0.4, -0.2) is 31.2 Å². The van der Waals surface area contributed by atoms with Crippen LogP contribution in [-0.2, 0) is 9.84 Å². The van der Waals surface area contributed by atoms with Crippen LogP contribution in [0.25, 0.3) is 0 Å². The number of hydrogen-bond acceptors (Lipinski definition) is 2. The molecule has 0 heterocycles. The van der Waals surface area contributed by atoms with Crippen LogP contribution in [0.15, 0.2) is 0 Å². The SMILES string of the molecule is CCCCCCCCS(=O)(=O)CC(Cl)CCl. The summed E-state index contributed by atoms with van der Waals surface area (Å²) in [5.41, 5.74) is 0. The second kappa shape index (κ2) is 9.55. The highest BCUT2D eigenvalue weighted by atomic mass is 35.5. The lowest BCUT2D eigenvalue weighted by atomic mass is 10.1. The molecule has 16 heavy (non-hydrogen) atoms. The summed E-state index contributed by atoms with van der Waals surface area (Å²) in [5, 5.41) is -0.452. The molecule has 0 spiro atoms. The molecule has 0 radical (unpaired) electrons. The molecule has 0 N–H and O–H groups in total. The Bertz CT molecular complexity index is 253. The van der Waals surface area contributed by atoms with Gasteiger partial charge in [0, 0.05) is 5.88 Å². The lowest BCUT2D eigenvalue weighted by Gasteiger charge is -2.07. The highest BCUT2D eigenvalue weighted by Gasteiger charge is 2.16. The topological polar surface area (TPSA) is 34.1 Å². The molecule has 98 valence electrons. The zero-order chi connectivity index (χ0) is 12.4. The largest absolute Gasteiger partial charge is 0.229 e. The Balaban J connectivity index is 3.59. The van der Waals surface area contributed by atoms with E-state index in [9.17, 15) is 8.42 Å². The molecule has 5 heteroatoms. The van der Waals surface area contributed by atoms with E-state index in [1.54, 1.807) is 0 Å². The van der Waals surface area contributed by atoms with Gasteiger partial charge in [0.25, 0.3) is 0 Å². The number of alkyl halides is 2. The van der Waals surface area contributed by atoms with E-state index in [0.29, 0.717) is 0 Å². The maximum atomic E-state index is 11.5. The van der Waals surface area contributed by atoms with Crippen molar-refractivity contribution >= 4 is 33.0 Å². The Hall–Kier alpha value is 0.530. The van der Waals surface area contributed by atoms with Gasteiger partial charge < -0.3 is 0 Å². The first-order chi connectivity index (χ1) is 7.52. The van der Waals surface area contributed by atoms with Crippen molar-refractivity contribution in [3.8, 4) is 0 Å². The van der Waals surface area contributed by atoms with E-state index in [-0.39, 0.29) is 17.4 Å². The summed E-state index contributed by atoms with van der Waals surface area (Å²) < 4.78 is 23.1. The number of sulfone groups is 1. The highest BCUT2D eigenvalue weighted by molar-refractivity contribution is 7.91. The minimum Gasteiger partial charge on any atom is -0.229 e. The normalized spacial score (nSPS) is 13.9.